The van der Waals surface area contributed by atoms with Crippen molar-refractivity contribution in [3.63, 3.8) is 0 Å². The summed E-state index contributed by atoms with van der Waals surface area (Å²) in [5, 5.41) is 0. The summed E-state index contributed by atoms with van der Waals surface area (Å²) in [6.45, 7) is 1.41. The van der Waals surface area contributed by atoms with Gasteiger partial charge < -0.3 is 14.4 Å². The number of methoxy groups -OCH3 is 1. The van der Waals surface area contributed by atoms with Gasteiger partial charge in [0.1, 0.15) is 0 Å². The molecule has 0 saturated carbocycles. The highest BCUT2D eigenvalue weighted by Crippen LogP contribution is 2.20. The first-order valence-electron chi connectivity index (χ1n) is 5.96. The van der Waals surface area contributed by atoms with E-state index in [4.69, 9.17) is 21.1 Å². The van der Waals surface area contributed by atoms with Crippen LogP contribution in [-0.4, -0.2) is 49.6 Å². The van der Waals surface area contributed by atoms with Crippen LogP contribution in [0.3, 0.4) is 0 Å². The maximum absolute atomic E-state index is 13.3. The normalized spacial score (nSPS) is 19.3. The third-order valence-electron chi connectivity index (χ3n) is 3.00. The third kappa shape index (κ3) is 3.16. The Bertz CT molecular complexity index is 469. The van der Waals surface area contributed by atoms with E-state index in [9.17, 15) is 9.18 Å². The number of carbonyl (C=O) groups excluding carboxylic acids is 1. The Balaban J connectivity index is 2.14. The summed E-state index contributed by atoms with van der Waals surface area (Å²) in [6.07, 6.45) is -0.151. The van der Waals surface area contributed by atoms with Crippen molar-refractivity contribution in [1.29, 1.82) is 0 Å². The lowest BCUT2D eigenvalue weighted by molar-refractivity contribution is -0.0108. The number of hydrogen-bond acceptors (Lipinski definition) is 3. The van der Waals surface area contributed by atoms with Crippen LogP contribution in [0.25, 0.3) is 0 Å². The van der Waals surface area contributed by atoms with Crippen molar-refractivity contribution < 1.29 is 18.7 Å². The van der Waals surface area contributed by atoms with Crippen LogP contribution < -0.4 is 4.74 Å². The van der Waals surface area contributed by atoms with Gasteiger partial charge in [0.15, 0.2) is 11.6 Å². The van der Waals surface area contributed by atoms with Crippen LogP contribution in [0.1, 0.15) is 10.4 Å². The first-order valence-corrected chi connectivity index (χ1v) is 6.49. The van der Waals surface area contributed by atoms with Crippen LogP contribution in [0.5, 0.6) is 5.75 Å². The van der Waals surface area contributed by atoms with Crippen molar-refractivity contribution in [1.82, 2.24) is 4.90 Å². The molecule has 1 heterocycles. The highest BCUT2D eigenvalue weighted by Gasteiger charge is 2.25. The molecular weight excluding hydrogens is 273 g/mol. The molecule has 1 aliphatic rings. The van der Waals surface area contributed by atoms with Crippen molar-refractivity contribution >= 4 is 17.5 Å². The number of benzene rings is 1. The summed E-state index contributed by atoms with van der Waals surface area (Å²) < 4.78 is 23.6. The molecule has 0 aromatic heterocycles. The number of nitrogens with zero attached hydrogens (tertiary/aromatic N) is 1. The second kappa shape index (κ2) is 6.21. The van der Waals surface area contributed by atoms with Crippen LogP contribution in [0.4, 0.5) is 4.39 Å². The van der Waals surface area contributed by atoms with E-state index in [1.54, 1.807) is 4.90 Å². The minimum atomic E-state index is -0.486. The lowest BCUT2D eigenvalue weighted by Gasteiger charge is -2.32. The lowest BCUT2D eigenvalue weighted by Crippen LogP contribution is -2.46. The van der Waals surface area contributed by atoms with Gasteiger partial charge in [-0.25, -0.2) is 4.39 Å². The molecule has 1 unspecified atom stereocenters. The van der Waals surface area contributed by atoms with Crippen molar-refractivity contribution in [2.45, 2.75) is 6.10 Å². The van der Waals surface area contributed by atoms with E-state index in [1.807, 2.05) is 0 Å². The van der Waals surface area contributed by atoms with Gasteiger partial charge in [0, 0.05) is 18.7 Å². The molecule has 4 nitrogen and oxygen atoms in total. The fourth-order valence-electron chi connectivity index (χ4n) is 1.97. The third-order valence-corrected chi connectivity index (χ3v) is 3.34. The largest absolute Gasteiger partial charge is 0.494 e. The number of halogens is 2. The summed E-state index contributed by atoms with van der Waals surface area (Å²) in [7, 11) is 1.37. The Morgan fingerprint density at radius 1 is 1.63 bits per heavy atom. The van der Waals surface area contributed by atoms with Crippen molar-refractivity contribution in [3.8, 4) is 5.75 Å². The van der Waals surface area contributed by atoms with Crippen LogP contribution in [0.2, 0.25) is 0 Å². The van der Waals surface area contributed by atoms with Gasteiger partial charge in [-0.1, -0.05) is 0 Å². The van der Waals surface area contributed by atoms with Gasteiger partial charge in [-0.05, 0) is 18.2 Å². The van der Waals surface area contributed by atoms with Gasteiger partial charge in [-0.15, -0.1) is 11.6 Å². The monoisotopic (exact) mass is 287 g/mol. The Labute approximate surface area is 116 Å². The molecular formula is C13H15ClFNO3. The van der Waals surface area contributed by atoms with Crippen LogP contribution in [0, 0.1) is 5.82 Å². The van der Waals surface area contributed by atoms with Gasteiger partial charge in [-0.2, -0.15) is 0 Å². The van der Waals surface area contributed by atoms with Crippen molar-refractivity contribution in [2.75, 3.05) is 32.7 Å². The van der Waals surface area contributed by atoms with Gasteiger partial charge >= 0.3 is 0 Å². The molecule has 1 atom stereocenters. The average molecular weight is 288 g/mol. The highest BCUT2D eigenvalue weighted by atomic mass is 35.5. The molecule has 0 bridgehead atoms. The Morgan fingerprint density at radius 2 is 2.42 bits per heavy atom. The number of ether oxygens (including phenoxy) is 2. The van der Waals surface area contributed by atoms with Gasteiger partial charge in [0.2, 0.25) is 0 Å². The Hall–Kier alpha value is -1.33. The first kappa shape index (κ1) is 14.1. The van der Waals surface area contributed by atoms with E-state index >= 15 is 0 Å². The minimum absolute atomic E-state index is 0.0630. The van der Waals surface area contributed by atoms with E-state index in [1.165, 1.54) is 25.3 Å². The maximum Gasteiger partial charge on any atom is 0.254 e. The topological polar surface area (TPSA) is 38.8 Å². The van der Waals surface area contributed by atoms with Gasteiger partial charge in [0.05, 0.1) is 25.7 Å². The van der Waals surface area contributed by atoms with Crippen LogP contribution >= 0.6 is 11.6 Å². The molecule has 1 aromatic rings. The number of alkyl halides is 1. The Kier molecular flexibility index (Phi) is 4.61. The second-order valence-corrected chi connectivity index (χ2v) is 4.56. The molecule has 1 amide bonds. The minimum Gasteiger partial charge on any atom is -0.494 e. The zero-order valence-corrected chi connectivity index (χ0v) is 11.3. The molecule has 1 aliphatic heterocycles. The predicted octanol–water partition coefficient (Wildman–Crippen LogP) is 1.91. The molecule has 2 rings (SSSR count). The standard InChI is InChI=1S/C13H15ClFNO3/c1-18-12-6-9(2-3-11(12)15)13(17)16-4-5-19-10(7-14)8-16/h2-3,6,10H,4-5,7-8H2,1H3. The quantitative estimate of drug-likeness (QED) is 0.797. The number of carbonyl (C=O) groups is 1. The summed E-state index contributed by atoms with van der Waals surface area (Å²) >= 11 is 5.73. The molecule has 0 aliphatic carbocycles. The summed E-state index contributed by atoms with van der Waals surface area (Å²) in [6, 6.07) is 4.08. The molecule has 19 heavy (non-hydrogen) atoms. The molecule has 6 heteroatoms. The summed E-state index contributed by atoms with van der Waals surface area (Å²) in [5.41, 5.74) is 0.397. The molecule has 0 N–H and O–H groups in total. The van der Waals surface area contributed by atoms with E-state index in [0.717, 1.165) is 0 Å². The van der Waals surface area contributed by atoms with E-state index in [0.29, 0.717) is 31.1 Å². The summed E-state index contributed by atoms with van der Waals surface area (Å²) in [4.78, 5) is 13.9. The lowest BCUT2D eigenvalue weighted by atomic mass is 10.1. The fraction of sp³-hybridized carbons (Fsp3) is 0.462. The molecule has 104 valence electrons. The second-order valence-electron chi connectivity index (χ2n) is 4.25. The number of morpholine rings is 1. The molecule has 0 spiro atoms. The van der Waals surface area contributed by atoms with Crippen molar-refractivity contribution in [3.05, 3.63) is 29.6 Å². The van der Waals surface area contributed by atoms with Crippen LogP contribution in [0.15, 0.2) is 18.2 Å². The number of amides is 1. The maximum atomic E-state index is 13.3. The predicted molar refractivity (Wildman–Crippen MR) is 69.3 cm³/mol. The molecule has 1 aromatic carbocycles. The van der Waals surface area contributed by atoms with E-state index < -0.39 is 5.82 Å². The van der Waals surface area contributed by atoms with Gasteiger partial charge in [-0.3, -0.25) is 4.79 Å². The van der Waals surface area contributed by atoms with Gasteiger partial charge in [0.25, 0.3) is 5.91 Å². The smallest absolute Gasteiger partial charge is 0.254 e. The SMILES string of the molecule is COc1cc(C(=O)N2CCOC(CCl)C2)ccc1F. The summed E-state index contributed by atoms with van der Waals surface area (Å²) in [5.74, 6) is -0.249. The number of hydrogen-bond donors (Lipinski definition) is 0. The first-order chi connectivity index (χ1) is 9.15. The fourth-order valence-corrected chi connectivity index (χ4v) is 2.16. The average Bonchev–Trinajstić information content (AvgIpc) is 2.47. The van der Waals surface area contributed by atoms with Crippen molar-refractivity contribution in [2.24, 2.45) is 0 Å². The molecule has 0 radical (unpaired) electrons. The van der Waals surface area contributed by atoms with Crippen LogP contribution in [-0.2, 0) is 4.74 Å². The zero-order chi connectivity index (χ0) is 13.8. The van der Waals surface area contributed by atoms with E-state index in [2.05, 4.69) is 0 Å². The Morgan fingerprint density at radius 3 is 3.11 bits per heavy atom. The number of rotatable bonds is 3. The molecule has 1 saturated heterocycles. The van der Waals surface area contributed by atoms with E-state index in [-0.39, 0.29) is 17.8 Å². The zero-order valence-electron chi connectivity index (χ0n) is 10.6. The highest BCUT2D eigenvalue weighted by molar-refractivity contribution is 6.18. The molecule has 1 fully saturated rings.